The van der Waals surface area contributed by atoms with Crippen LogP contribution in [0.5, 0.6) is 0 Å². The molecule has 0 aliphatic heterocycles. The van der Waals surface area contributed by atoms with E-state index in [9.17, 15) is 9.59 Å². The number of hydrogen-bond acceptors (Lipinski definition) is 3. The van der Waals surface area contributed by atoms with E-state index in [-0.39, 0.29) is 22.3 Å². The first kappa shape index (κ1) is 18.6. The van der Waals surface area contributed by atoms with Crippen molar-refractivity contribution >= 4 is 29.1 Å². The fraction of sp³-hybridized carbons (Fsp3) is 0.211. The van der Waals surface area contributed by atoms with Gasteiger partial charge in [-0.1, -0.05) is 51.1 Å². The summed E-state index contributed by atoms with van der Waals surface area (Å²) in [4.78, 5) is 24.1. The Hall–Kier alpha value is -2.73. The highest BCUT2D eigenvalue weighted by molar-refractivity contribution is 7.80. The van der Waals surface area contributed by atoms with Crippen LogP contribution in [-0.2, 0) is 5.41 Å². The van der Waals surface area contributed by atoms with E-state index >= 15 is 0 Å². The molecule has 2 amide bonds. The number of amides is 2. The molecule has 0 spiro atoms. The van der Waals surface area contributed by atoms with Crippen molar-refractivity contribution in [3.8, 4) is 0 Å². The predicted octanol–water partition coefficient (Wildman–Crippen LogP) is 2.93. The maximum Gasteiger partial charge on any atom is 0.269 e. The number of rotatable bonds is 2. The van der Waals surface area contributed by atoms with Gasteiger partial charge in [-0.05, 0) is 47.5 Å². The zero-order valence-electron chi connectivity index (χ0n) is 14.4. The Morgan fingerprint density at radius 1 is 0.800 bits per heavy atom. The van der Waals surface area contributed by atoms with E-state index in [2.05, 4.69) is 36.9 Å². The number of hydrogen-bond donors (Lipinski definition) is 3. The van der Waals surface area contributed by atoms with Gasteiger partial charge in [-0.2, -0.15) is 0 Å². The van der Waals surface area contributed by atoms with Crippen molar-refractivity contribution in [3.05, 3.63) is 71.3 Å². The second kappa shape index (κ2) is 7.90. The zero-order valence-corrected chi connectivity index (χ0v) is 15.2. The van der Waals surface area contributed by atoms with Crippen LogP contribution in [-0.4, -0.2) is 16.9 Å². The molecule has 0 radical (unpaired) electrons. The molecule has 2 aromatic carbocycles. The average Bonchev–Trinajstić information content (AvgIpc) is 2.59. The van der Waals surface area contributed by atoms with E-state index < -0.39 is 0 Å². The highest BCUT2D eigenvalue weighted by atomic mass is 32.1. The lowest BCUT2D eigenvalue weighted by Gasteiger charge is -2.19. The third-order valence-corrected chi connectivity index (χ3v) is 3.77. The van der Waals surface area contributed by atoms with E-state index in [0.29, 0.717) is 11.1 Å². The van der Waals surface area contributed by atoms with Crippen molar-refractivity contribution in [2.24, 2.45) is 0 Å². The smallest absolute Gasteiger partial charge is 0.269 e. The zero-order chi connectivity index (χ0) is 18.4. The van der Waals surface area contributed by atoms with Gasteiger partial charge in [0.1, 0.15) is 0 Å². The van der Waals surface area contributed by atoms with Crippen molar-refractivity contribution in [3.63, 3.8) is 0 Å². The second-order valence-electron chi connectivity index (χ2n) is 6.56. The largest absolute Gasteiger partial charge is 0.298 e. The number of carbonyl (C=O) groups is 2. The summed E-state index contributed by atoms with van der Waals surface area (Å²) in [6.45, 7) is 6.33. The van der Waals surface area contributed by atoms with Gasteiger partial charge in [0.2, 0.25) is 0 Å². The molecule has 2 aromatic rings. The average molecular weight is 355 g/mol. The molecule has 0 bridgehead atoms. The van der Waals surface area contributed by atoms with Gasteiger partial charge < -0.3 is 0 Å². The quantitative estimate of drug-likeness (QED) is 0.572. The Balaban J connectivity index is 1.87. The van der Waals surface area contributed by atoms with E-state index in [1.54, 1.807) is 36.4 Å². The third-order valence-electron chi connectivity index (χ3n) is 3.57. The minimum atomic E-state index is -0.345. The minimum Gasteiger partial charge on any atom is -0.298 e. The standard InChI is InChI=1S/C19H21N3O2S/c1-19(2,3)15-11-9-14(10-12-15)17(24)21-22-18(25)20-16(23)13-7-5-4-6-8-13/h4-12H,1-3H3,(H,21,24)(H2,20,22,23,25). The number of nitrogens with one attached hydrogen (secondary N) is 3. The van der Waals surface area contributed by atoms with Gasteiger partial charge in [0, 0.05) is 11.1 Å². The first-order valence-corrected chi connectivity index (χ1v) is 8.25. The Kier molecular flexibility index (Phi) is 5.88. The van der Waals surface area contributed by atoms with Gasteiger partial charge in [0.05, 0.1) is 0 Å². The molecule has 0 unspecified atom stereocenters. The summed E-state index contributed by atoms with van der Waals surface area (Å²) in [7, 11) is 0. The van der Waals surface area contributed by atoms with Crippen molar-refractivity contribution in [1.29, 1.82) is 0 Å². The normalized spacial score (nSPS) is 10.7. The summed E-state index contributed by atoms with van der Waals surface area (Å²) in [6, 6.07) is 16.0. The topological polar surface area (TPSA) is 70.2 Å². The molecular formula is C19H21N3O2S. The van der Waals surface area contributed by atoms with Crippen LogP contribution < -0.4 is 16.2 Å². The van der Waals surface area contributed by atoms with Crippen LogP contribution in [0.1, 0.15) is 47.1 Å². The molecule has 0 aliphatic carbocycles. The Morgan fingerprint density at radius 2 is 1.36 bits per heavy atom. The van der Waals surface area contributed by atoms with Crippen LogP contribution in [0.3, 0.4) is 0 Å². The van der Waals surface area contributed by atoms with E-state index in [1.807, 2.05) is 18.2 Å². The highest BCUT2D eigenvalue weighted by Crippen LogP contribution is 2.22. The Bertz CT molecular complexity index is 766. The van der Waals surface area contributed by atoms with Crippen LogP contribution in [0.25, 0.3) is 0 Å². The fourth-order valence-electron chi connectivity index (χ4n) is 2.10. The first-order valence-electron chi connectivity index (χ1n) is 7.84. The SMILES string of the molecule is CC(C)(C)c1ccc(C(=O)NNC(=S)NC(=O)c2ccccc2)cc1. The van der Waals surface area contributed by atoms with Crippen LogP contribution >= 0.6 is 12.2 Å². The van der Waals surface area contributed by atoms with Crippen LogP contribution in [0.15, 0.2) is 54.6 Å². The summed E-state index contributed by atoms with van der Waals surface area (Å²) < 4.78 is 0. The molecule has 0 saturated heterocycles. The summed E-state index contributed by atoms with van der Waals surface area (Å²) in [5, 5.41) is 2.52. The molecule has 0 aromatic heterocycles. The van der Waals surface area contributed by atoms with Crippen LogP contribution in [0, 0.1) is 0 Å². The van der Waals surface area contributed by atoms with Crippen molar-refractivity contribution < 1.29 is 9.59 Å². The maximum atomic E-state index is 12.1. The molecule has 25 heavy (non-hydrogen) atoms. The molecule has 0 fully saturated rings. The summed E-state index contributed by atoms with van der Waals surface area (Å²) >= 11 is 5.01. The maximum absolute atomic E-state index is 12.1. The van der Waals surface area contributed by atoms with Crippen molar-refractivity contribution in [2.75, 3.05) is 0 Å². The molecule has 0 aliphatic rings. The number of carbonyl (C=O) groups excluding carboxylic acids is 2. The minimum absolute atomic E-state index is 0.0218. The van der Waals surface area contributed by atoms with Crippen LogP contribution in [0.2, 0.25) is 0 Å². The fourth-order valence-corrected chi connectivity index (χ4v) is 2.25. The van der Waals surface area contributed by atoms with Crippen LogP contribution in [0.4, 0.5) is 0 Å². The van der Waals surface area contributed by atoms with Gasteiger partial charge in [-0.3, -0.25) is 25.8 Å². The van der Waals surface area contributed by atoms with Gasteiger partial charge in [-0.25, -0.2) is 0 Å². The van der Waals surface area contributed by atoms with E-state index in [0.717, 1.165) is 5.56 Å². The monoisotopic (exact) mass is 355 g/mol. The molecule has 130 valence electrons. The first-order chi connectivity index (χ1) is 11.8. The van der Waals surface area contributed by atoms with Gasteiger partial charge in [-0.15, -0.1) is 0 Å². The van der Waals surface area contributed by atoms with E-state index in [1.165, 1.54) is 0 Å². The summed E-state index contributed by atoms with van der Waals surface area (Å²) in [5.74, 6) is -0.682. The molecular weight excluding hydrogens is 334 g/mol. The number of hydrazine groups is 1. The molecule has 0 saturated carbocycles. The van der Waals surface area contributed by atoms with Gasteiger partial charge in [0.15, 0.2) is 5.11 Å². The molecule has 6 heteroatoms. The third kappa shape index (κ3) is 5.39. The Morgan fingerprint density at radius 3 is 1.92 bits per heavy atom. The second-order valence-corrected chi connectivity index (χ2v) is 6.96. The predicted molar refractivity (Wildman–Crippen MR) is 102 cm³/mol. The number of thiocarbonyl (C=S) groups is 1. The van der Waals surface area contributed by atoms with Gasteiger partial charge in [0.25, 0.3) is 11.8 Å². The highest BCUT2D eigenvalue weighted by Gasteiger charge is 2.14. The summed E-state index contributed by atoms with van der Waals surface area (Å²) in [6.07, 6.45) is 0. The Labute approximate surface area is 152 Å². The van der Waals surface area contributed by atoms with E-state index in [4.69, 9.17) is 12.2 Å². The van der Waals surface area contributed by atoms with Crippen molar-refractivity contribution in [1.82, 2.24) is 16.2 Å². The lowest BCUT2D eigenvalue weighted by atomic mass is 9.87. The molecule has 5 nitrogen and oxygen atoms in total. The lowest BCUT2D eigenvalue weighted by Crippen LogP contribution is -2.48. The molecule has 0 heterocycles. The van der Waals surface area contributed by atoms with Gasteiger partial charge >= 0.3 is 0 Å². The molecule has 2 rings (SSSR count). The number of benzene rings is 2. The summed E-state index contributed by atoms with van der Waals surface area (Å²) in [5.41, 5.74) is 7.14. The van der Waals surface area contributed by atoms with Crippen molar-refractivity contribution in [2.45, 2.75) is 26.2 Å². The lowest BCUT2D eigenvalue weighted by molar-refractivity contribution is 0.0934. The molecule has 0 atom stereocenters. The molecule has 3 N–H and O–H groups in total.